The van der Waals surface area contributed by atoms with Crippen LogP contribution in [-0.4, -0.2) is 11.4 Å². The number of hydrogen-bond donors (Lipinski definition) is 0. The van der Waals surface area contributed by atoms with E-state index < -0.39 is 0 Å². The lowest BCUT2D eigenvalue weighted by Crippen LogP contribution is -2.60. The molecule has 0 N–H and O–H groups in total. The second kappa shape index (κ2) is 11.8. The molecule has 12 aromatic rings. The maximum absolute atomic E-state index is 6.75. The van der Waals surface area contributed by atoms with Crippen LogP contribution in [-0.2, 0) is 5.41 Å². The second-order valence-corrected chi connectivity index (χ2v) is 19.5. The van der Waals surface area contributed by atoms with Crippen molar-refractivity contribution >= 4 is 104 Å². The van der Waals surface area contributed by atoms with Gasteiger partial charge in [-0.3, -0.25) is 0 Å². The SMILES string of the molecule is Cc1ccc(N2B3c4cc5oc6ccccc6c5cc4-n4c5ccccc5c5c(-c6ccc7c(c6)C(C)(C)c6ccccc6-7)cc(c3c54)-c3ccc4c(sc5ccccc54)c32)cc1. The standard InChI is InChI=1S/C58H37BN2OS/c1-32-20-23-34(24-21-32)61-55-39(26-27-40-38-14-7-11-19-52(38)63-57(40)55)44-29-42(33-22-25-36-35-12-4-8-16-45(35)58(2,3)46(36)28-33)53-41-15-5-9-17-48(41)60-49-30-43-37-13-6-10-18-50(37)62-51(43)31-47(49)59(61)54(44)56(53)60/h4-31H,1-3H3. The van der Waals surface area contributed by atoms with E-state index in [1.807, 2.05) is 11.3 Å². The Morgan fingerprint density at radius 3 is 2.19 bits per heavy atom. The summed E-state index contributed by atoms with van der Waals surface area (Å²) in [6.07, 6.45) is 0. The Morgan fingerprint density at radius 2 is 1.30 bits per heavy atom. The van der Waals surface area contributed by atoms with Gasteiger partial charge in [0.2, 0.25) is 0 Å². The van der Waals surface area contributed by atoms with Gasteiger partial charge in [-0.1, -0.05) is 135 Å². The summed E-state index contributed by atoms with van der Waals surface area (Å²) in [5, 5.41) is 7.46. The van der Waals surface area contributed by atoms with E-state index in [4.69, 9.17) is 4.42 Å². The Morgan fingerprint density at radius 1 is 0.556 bits per heavy atom. The first kappa shape index (κ1) is 34.3. The molecular formula is C58H37BN2OS. The number of aromatic nitrogens is 1. The lowest BCUT2D eigenvalue weighted by Gasteiger charge is -2.42. The first-order valence-corrected chi connectivity index (χ1v) is 22.8. The first-order chi connectivity index (χ1) is 30.9. The lowest BCUT2D eigenvalue weighted by molar-refractivity contribution is 0.660. The van der Waals surface area contributed by atoms with Crippen molar-refractivity contribution in [2.75, 3.05) is 4.81 Å². The summed E-state index contributed by atoms with van der Waals surface area (Å²) < 4.78 is 12.0. The monoisotopic (exact) mass is 820 g/mol. The van der Waals surface area contributed by atoms with Crippen LogP contribution in [0.1, 0.15) is 30.5 Å². The maximum Gasteiger partial charge on any atom is 0.333 e. The average Bonchev–Trinajstić information content (AvgIpc) is 4.05. The largest absolute Gasteiger partial charge is 0.456 e. The normalized spacial score (nSPS) is 14.3. The van der Waals surface area contributed by atoms with E-state index in [-0.39, 0.29) is 12.3 Å². The fourth-order valence-corrected chi connectivity index (χ4v) is 13.2. The maximum atomic E-state index is 6.75. The topological polar surface area (TPSA) is 21.3 Å². The number of nitrogens with zero attached hydrogens (tertiary/aromatic N) is 2. The molecule has 0 saturated heterocycles. The highest BCUT2D eigenvalue weighted by Gasteiger charge is 2.46. The third-order valence-electron chi connectivity index (χ3n) is 14.8. The van der Waals surface area contributed by atoms with Gasteiger partial charge in [0, 0.05) is 59.4 Å². The van der Waals surface area contributed by atoms with E-state index in [0.717, 1.165) is 21.9 Å². The molecule has 0 amide bonds. The van der Waals surface area contributed by atoms with Crippen molar-refractivity contribution in [3.05, 3.63) is 187 Å². The van der Waals surface area contributed by atoms with Gasteiger partial charge in [0.15, 0.2) is 0 Å². The van der Waals surface area contributed by atoms with Gasteiger partial charge in [0.1, 0.15) is 11.2 Å². The zero-order valence-electron chi connectivity index (χ0n) is 35.0. The molecule has 3 aliphatic rings. The molecule has 294 valence electrons. The predicted octanol–water partition coefficient (Wildman–Crippen LogP) is 14.6. The fourth-order valence-electron chi connectivity index (χ4n) is 12.0. The minimum absolute atomic E-state index is 0.120. The number of thiophene rings is 1. The number of furan rings is 1. The van der Waals surface area contributed by atoms with E-state index >= 15 is 0 Å². The van der Waals surface area contributed by atoms with Crippen molar-refractivity contribution in [2.45, 2.75) is 26.2 Å². The van der Waals surface area contributed by atoms with Gasteiger partial charge in [0.25, 0.3) is 0 Å². The molecule has 15 rings (SSSR count). The molecule has 0 atom stereocenters. The Labute approximate surface area is 368 Å². The molecule has 0 radical (unpaired) electrons. The molecule has 0 saturated carbocycles. The lowest BCUT2D eigenvalue weighted by atomic mass is 9.43. The third-order valence-corrected chi connectivity index (χ3v) is 16.0. The molecule has 0 fully saturated rings. The molecule has 5 heteroatoms. The number of rotatable bonds is 2. The fraction of sp³-hybridized carbons (Fsp3) is 0.0690. The Kier molecular flexibility index (Phi) is 6.40. The number of benzene rings is 9. The van der Waals surface area contributed by atoms with Gasteiger partial charge < -0.3 is 13.8 Å². The molecule has 63 heavy (non-hydrogen) atoms. The van der Waals surface area contributed by atoms with E-state index in [9.17, 15) is 0 Å². The first-order valence-electron chi connectivity index (χ1n) is 22.0. The molecule has 9 aromatic carbocycles. The Hall–Kier alpha value is -7.34. The van der Waals surface area contributed by atoms with Crippen molar-refractivity contribution < 1.29 is 4.42 Å². The minimum atomic E-state index is -0.138. The highest BCUT2D eigenvalue weighted by atomic mass is 32.1. The zero-order chi connectivity index (χ0) is 41.5. The number of hydrogen-bond acceptors (Lipinski definition) is 3. The number of para-hydroxylation sites is 2. The highest BCUT2D eigenvalue weighted by Crippen LogP contribution is 2.54. The summed E-state index contributed by atoms with van der Waals surface area (Å²) in [7, 11) is 0. The summed E-state index contributed by atoms with van der Waals surface area (Å²) in [4.78, 5) is 2.68. The summed E-state index contributed by atoms with van der Waals surface area (Å²) in [5.74, 6) is 0. The van der Waals surface area contributed by atoms with Crippen LogP contribution in [0.5, 0.6) is 0 Å². The van der Waals surface area contributed by atoms with E-state index in [2.05, 4.69) is 200 Å². The van der Waals surface area contributed by atoms with Crippen molar-refractivity contribution in [1.29, 1.82) is 0 Å². The van der Waals surface area contributed by atoms with E-state index in [1.165, 1.54) is 120 Å². The van der Waals surface area contributed by atoms with E-state index in [0.29, 0.717) is 0 Å². The molecule has 0 unspecified atom stereocenters. The average molecular weight is 821 g/mol. The van der Waals surface area contributed by atoms with Gasteiger partial charge >= 0.3 is 6.85 Å². The van der Waals surface area contributed by atoms with Crippen LogP contribution in [0.2, 0.25) is 0 Å². The van der Waals surface area contributed by atoms with Crippen LogP contribution in [0.15, 0.2) is 174 Å². The Balaban J connectivity index is 1.14. The van der Waals surface area contributed by atoms with Crippen molar-refractivity contribution in [3.63, 3.8) is 0 Å². The van der Waals surface area contributed by atoms with Gasteiger partial charge in [-0.15, -0.1) is 11.3 Å². The smallest absolute Gasteiger partial charge is 0.333 e. The molecule has 3 aromatic heterocycles. The number of fused-ring (bicyclic) bond motifs is 18. The van der Waals surface area contributed by atoms with Crippen LogP contribution in [0.4, 0.5) is 11.4 Å². The number of anilines is 2. The molecule has 0 bridgehead atoms. The van der Waals surface area contributed by atoms with Gasteiger partial charge in [-0.25, -0.2) is 0 Å². The Bertz CT molecular complexity index is 4030. The van der Waals surface area contributed by atoms with Gasteiger partial charge in [-0.2, -0.15) is 0 Å². The van der Waals surface area contributed by atoms with Gasteiger partial charge in [-0.05, 0) is 111 Å². The molecule has 1 aliphatic carbocycles. The molecular weight excluding hydrogens is 784 g/mol. The predicted molar refractivity (Wildman–Crippen MR) is 268 cm³/mol. The molecule has 5 heterocycles. The second-order valence-electron chi connectivity index (χ2n) is 18.4. The number of aryl methyl sites for hydroxylation is 1. The van der Waals surface area contributed by atoms with Crippen LogP contribution in [0.25, 0.3) is 103 Å². The highest BCUT2D eigenvalue weighted by molar-refractivity contribution is 7.26. The zero-order valence-corrected chi connectivity index (χ0v) is 35.8. The molecule has 2 aliphatic heterocycles. The van der Waals surface area contributed by atoms with Gasteiger partial charge in [0.05, 0.1) is 21.4 Å². The molecule has 3 nitrogen and oxygen atoms in total. The van der Waals surface area contributed by atoms with Crippen LogP contribution < -0.4 is 15.7 Å². The van der Waals surface area contributed by atoms with Crippen molar-refractivity contribution in [2.24, 2.45) is 0 Å². The quantitative estimate of drug-likeness (QED) is 0.162. The van der Waals surface area contributed by atoms with Crippen LogP contribution >= 0.6 is 11.3 Å². The van der Waals surface area contributed by atoms with Crippen molar-refractivity contribution in [1.82, 2.24) is 4.57 Å². The summed E-state index contributed by atoms with van der Waals surface area (Å²) in [5.41, 5.74) is 22.3. The van der Waals surface area contributed by atoms with Crippen molar-refractivity contribution in [3.8, 4) is 39.1 Å². The minimum Gasteiger partial charge on any atom is -0.456 e. The van der Waals surface area contributed by atoms with Crippen LogP contribution in [0, 0.1) is 6.92 Å². The summed E-state index contributed by atoms with van der Waals surface area (Å²) >= 11 is 1.92. The summed E-state index contributed by atoms with van der Waals surface area (Å²) in [6.45, 7) is 6.83. The summed E-state index contributed by atoms with van der Waals surface area (Å²) in [6, 6.07) is 64.1. The van der Waals surface area contributed by atoms with E-state index in [1.54, 1.807) is 0 Å². The van der Waals surface area contributed by atoms with Crippen LogP contribution in [0.3, 0.4) is 0 Å². The third kappa shape index (κ3) is 4.26. The molecule has 0 spiro atoms.